The number of carbonyl (C=O) groups is 1. The Bertz CT molecular complexity index is 1150. The Morgan fingerprint density at radius 2 is 1.55 bits per heavy atom. The van der Waals surface area contributed by atoms with E-state index in [0.29, 0.717) is 35.7 Å². The number of rotatable bonds is 9. The molecule has 0 saturated carbocycles. The number of nitrogens with one attached hydrogen (secondary N) is 2. The number of sulfone groups is 1. The second-order valence-corrected chi connectivity index (χ2v) is 8.70. The van der Waals surface area contributed by atoms with Gasteiger partial charge in [-0.25, -0.2) is 8.42 Å². The Morgan fingerprint density at radius 1 is 0.871 bits per heavy atom. The van der Waals surface area contributed by atoms with Crippen LogP contribution in [-0.4, -0.2) is 27.5 Å². The first-order valence-electron chi connectivity index (χ1n) is 10.1. The molecule has 3 aromatic carbocycles. The van der Waals surface area contributed by atoms with E-state index in [9.17, 15) is 13.2 Å². The fourth-order valence-corrected chi connectivity index (χ4v) is 4.90. The van der Waals surface area contributed by atoms with Gasteiger partial charge in [0.05, 0.1) is 28.6 Å². The predicted octanol–water partition coefficient (Wildman–Crippen LogP) is 4.53. The van der Waals surface area contributed by atoms with E-state index < -0.39 is 9.84 Å². The van der Waals surface area contributed by atoms with Crippen LogP contribution in [0.2, 0.25) is 0 Å². The molecule has 31 heavy (non-hydrogen) atoms. The van der Waals surface area contributed by atoms with Gasteiger partial charge in [0.1, 0.15) is 5.75 Å². The van der Waals surface area contributed by atoms with Crippen molar-refractivity contribution in [3.8, 4) is 5.75 Å². The van der Waals surface area contributed by atoms with Crippen LogP contribution in [0.1, 0.15) is 19.4 Å². The largest absolute Gasteiger partial charge is 0.492 e. The van der Waals surface area contributed by atoms with E-state index in [2.05, 4.69) is 10.6 Å². The van der Waals surface area contributed by atoms with E-state index in [1.54, 1.807) is 60.7 Å². The van der Waals surface area contributed by atoms with E-state index in [4.69, 9.17) is 4.74 Å². The molecule has 0 unspecified atom stereocenters. The zero-order chi connectivity index (χ0) is 22.3. The van der Waals surface area contributed by atoms with Crippen molar-refractivity contribution in [3.63, 3.8) is 0 Å². The molecule has 7 heteroatoms. The van der Waals surface area contributed by atoms with Crippen molar-refractivity contribution < 1.29 is 17.9 Å². The molecule has 0 bridgehead atoms. The highest BCUT2D eigenvalue weighted by Crippen LogP contribution is 2.29. The van der Waals surface area contributed by atoms with E-state index in [1.165, 1.54) is 0 Å². The third-order valence-electron chi connectivity index (χ3n) is 4.73. The van der Waals surface area contributed by atoms with Crippen LogP contribution in [0.4, 0.5) is 11.4 Å². The number of ether oxygens (including phenoxy) is 1. The average molecular weight is 439 g/mol. The van der Waals surface area contributed by atoms with Crippen LogP contribution >= 0.6 is 0 Å². The SMILES string of the molecule is CCOc1ccccc1NC(=O)CNc1cccc(S(=O)(=O)c2ccccc2)c1CC. The Balaban J connectivity index is 1.79. The van der Waals surface area contributed by atoms with Crippen molar-refractivity contribution in [3.05, 3.63) is 78.4 Å². The van der Waals surface area contributed by atoms with Gasteiger partial charge in [-0.05, 0) is 55.3 Å². The molecule has 0 aliphatic heterocycles. The molecular weight excluding hydrogens is 412 g/mol. The number of amides is 1. The molecule has 0 spiro atoms. The van der Waals surface area contributed by atoms with Gasteiger partial charge in [0.15, 0.2) is 0 Å². The van der Waals surface area contributed by atoms with Crippen molar-refractivity contribution in [2.45, 2.75) is 30.1 Å². The molecule has 0 atom stereocenters. The second-order valence-electron chi connectivity index (χ2n) is 6.78. The molecule has 1 amide bonds. The molecule has 6 nitrogen and oxygen atoms in total. The van der Waals surface area contributed by atoms with Gasteiger partial charge in [0, 0.05) is 5.69 Å². The van der Waals surface area contributed by atoms with Gasteiger partial charge in [0.25, 0.3) is 0 Å². The van der Waals surface area contributed by atoms with Gasteiger partial charge in [0.2, 0.25) is 15.7 Å². The van der Waals surface area contributed by atoms with Gasteiger partial charge in [-0.2, -0.15) is 0 Å². The normalized spacial score (nSPS) is 11.0. The van der Waals surface area contributed by atoms with E-state index in [-0.39, 0.29) is 22.2 Å². The Kier molecular flexibility index (Phi) is 7.31. The molecule has 0 heterocycles. The van der Waals surface area contributed by atoms with Crippen LogP contribution in [0.3, 0.4) is 0 Å². The van der Waals surface area contributed by atoms with E-state index in [1.807, 2.05) is 26.0 Å². The van der Waals surface area contributed by atoms with Gasteiger partial charge in [-0.15, -0.1) is 0 Å². The minimum Gasteiger partial charge on any atom is -0.492 e. The van der Waals surface area contributed by atoms with Crippen molar-refractivity contribution in [2.75, 3.05) is 23.8 Å². The average Bonchev–Trinajstić information content (AvgIpc) is 2.79. The minimum absolute atomic E-state index is 0.0116. The van der Waals surface area contributed by atoms with Crippen molar-refractivity contribution >= 4 is 27.1 Å². The van der Waals surface area contributed by atoms with Crippen LogP contribution in [0, 0.1) is 0 Å². The quantitative estimate of drug-likeness (QED) is 0.513. The fourth-order valence-electron chi connectivity index (χ4n) is 3.30. The maximum Gasteiger partial charge on any atom is 0.243 e. The maximum absolute atomic E-state index is 13.1. The van der Waals surface area contributed by atoms with Crippen molar-refractivity contribution in [1.29, 1.82) is 0 Å². The number of para-hydroxylation sites is 2. The molecule has 0 saturated heterocycles. The fraction of sp³-hybridized carbons (Fsp3) is 0.208. The lowest BCUT2D eigenvalue weighted by molar-refractivity contribution is -0.114. The zero-order valence-corrected chi connectivity index (χ0v) is 18.4. The summed E-state index contributed by atoms with van der Waals surface area (Å²) in [6, 6.07) is 20.6. The standard InChI is InChI=1S/C24H26N2O4S/c1-3-19-20(14-10-16-23(19)31(28,29)18-11-6-5-7-12-18)25-17-24(27)26-21-13-8-9-15-22(21)30-4-2/h5-16,25H,3-4,17H2,1-2H3,(H,26,27). The lowest BCUT2D eigenvalue weighted by Crippen LogP contribution is -2.23. The highest BCUT2D eigenvalue weighted by atomic mass is 32.2. The molecule has 2 N–H and O–H groups in total. The molecule has 0 aliphatic rings. The molecule has 0 aliphatic carbocycles. The van der Waals surface area contributed by atoms with Gasteiger partial charge in [-0.1, -0.05) is 43.3 Å². The Labute approximate surface area is 183 Å². The first kappa shape index (κ1) is 22.4. The predicted molar refractivity (Wildman–Crippen MR) is 122 cm³/mol. The summed E-state index contributed by atoms with van der Waals surface area (Å²) >= 11 is 0. The number of carbonyl (C=O) groups excluding carboxylic acids is 1. The highest BCUT2D eigenvalue weighted by Gasteiger charge is 2.22. The monoisotopic (exact) mass is 438 g/mol. The third-order valence-corrected chi connectivity index (χ3v) is 6.58. The molecular formula is C24H26N2O4S. The first-order valence-corrected chi connectivity index (χ1v) is 11.6. The number of anilines is 2. The Morgan fingerprint density at radius 3 is 2.26 bits per heavy atom. The van der Waals surface area contributed by atoms with Crippen LogP contribution < -0.4 is 15.4 Å². The lowest BCUT2D eigenvalue weighted by Gasteiger charge is -2.16. The van der Waals surface area contributed by atoms with Crippen LogP contribution in [-0.2, 0) is 21.1 Å². The highest BCUT2D eigenvalue weighted by molar-refractivity contribution is 7.91. The van der Waals surface area contributed by atoms with Gasteiger partial charge in [-0.3, -0.25) is 4.79 Å². The number of hydrogen-bond acceptors (Lipinski definition) is 5. The summed E-state index contributed by atoms with van der Waals surface area (Å²) in [5, 5.41) is 5.91. The molecule has 3 aromatic rings. The summed E-state index contributed by atoms with van der Waals surface area (Å²) in [7, 11) is -3.66. The maximum atomic E-state index is 13.1. The zero-order valence-electron chi connectivity index (χ0n) is 17.6. The van der Waals surface area contributed by atoms with Gasteiger partial charge < -0.3 is 15.4 Å². The third kappa shape index (κ3) is 5.24. The Hall–Kier alpha value is -3.32. The minimum atomic E-state index is -3.66. The molecule has 0 fully saturated rings. The summed E-state index contributed by atoms with van der Waals surface area (Å²) in [6.45, 7) is 4.25. The first-order chi connectivity index (χ1) is 15.0. The molecule has 0 aromatic heterocycles. The summed E-state index contributed by atoms with van der Waals surface area (Å²) in [4.78, 5) is 13.0. The van der Waals surface area contributed by atoms with E-state index in [0.717, 1.165) is 0 Å². The topological polar surface area (TPSA) is 84.5 Å². The van der Waals surface area contributed by atoms with E-state index >= 15 is 0 Å². The summed E-state index contributed by atoms with van der Waals surface area (Å²) in [5.74, 6) is 0.342. The van der Waals surface area contributed by atoms with Gasteiger partial charge >= 0.3 is 0 Å². The number of hydrogen-bond donors (Lipinski definition) is 2. The smallest absolute Gasteiger partial charge is 0.243 e. The van der Waals surface area contributed by atoms with Crippen molar-refractivity contribution in [2.24, 2.45) is 0 Å². The van der Waals surface area contributed by atoms with Crippen molar-refractivity contribution in [1.82, 2.24) is 0 Å². The lowest BCUT2D eigenvalue weighted by atomic mass is 10.1. The molecule has 3 rings (SSSR count). The molecule has 162 valence electrons. The summed E-state index contributed by atoms with van der Waals surface area (Å²) < 4.78 is 31.8. The molecule has 0 radical (unpaired) electrons. The summed E-state index contributed by atoms with van der Waals surface area (Å²) in [6.07, 6.45) is 0.499. The van der Waals surface area contributed by atoms with Crippen LogP contribution in [0.25, 0.3) is 0 Å². The van der Waals surface area contributed by atoms with Crippen LogP contribution in [0.5, 0.6) is 5.75 Å². The van der Waals surface area contributed by atoms with Crippen LogP contribution in [0.15, 0.2) is 82.6 Å². The summed E-state index contributed by atoms with van der Waals surface area (Å²) in [5.41, 5.74) is 1.86. The number of benzene rings is 3. The second kappa shape index (κ2) is 10.1.